The molecule has 2 aliphatic rings. The molecule has 0 saturated heterocycles. The van der Waals surface area contributed by atoms with Gasteiger partial charge in [-0.3, -0.25) is 5.10 Å². The van der Waals surface area contributed by atoms with Gasteiger partial charge in [-0.05, 0) is 51.0 Å². The highest BCUT2D eigenvalue weighted by atomic mass is 15.1. The Hall–Kier alpha value is -0.870. The van der Waals surface area contributed by atoms with Crippen molar-refractivity contribution in [2.75, 3.05) is 6.54 Å². The van der Waals surface area contributed by atoms with Gasteiger partial charge in [0.15, 0.2) is 0 Å². The van der Waals surface area contributed by atoms with E-state index in [0.717, 1.165) is 19.1 Å². The van der Waals surface area contributed by atoms with Crippen LogP contribution in [0.25, 0.3) is 0 Å². The molecule has 4 heteroatoms. The summed E-state index contributed by atoms with van der Waals surface area (Å²) in [7, 11) is 0. The summed E-state index contributed by atoms with van der Waals surface area (Å²) in [6.07, 6.45) is 7.74. The Kier molecular flexibility index (Phi) is 3.66. The molecule has 0 bridgehead atoms. The zero-order valence-corrected chi connectivity index (χ0v) is 11.3. The average Bonchev–Trinajstić information content (AvgIpc) is 3.14. The topological polar surface area (TPSA) is 52.7 Å². The van der Waals surface area contributed by atoms with Gasteiger partial charge in [-0.25, -0.2) is 0 Å². The maximum absolute atomic E-state index is 4.47. The van der Waals surface area contributed by atoms with E-state index in [1.54, 1.807) is 0 Å². The Morgan fingerprint density at radius 2 is 2.17 bits per heavy atom. The third kappa shape index (κ3) is 2.93. The molecule has 1 heterocycles. The number of hydrogen-bond donors (Lipinski definition) is 3. The first-order valence-corrected chi connectivity index (χ1v) is 7.34. The highest BCUT2D eigenvalue weighted by molar-refractivity contribution is 5.27. The molecule has 0 aromatic carbocycles. The Labute approximate surface area is 109 Å². The molecule has 2 aliphatic carbocycles. The molecule has 1 aromatic heterocycles. The van der Waals surface area contributed by atoms with Gasteiger partial charge in [0.2, 0.25) is 0 Å². The summed E-state index contributed by atoms with van der Waals surface area (Å²) in [5, 5.41) is 14.8. The van der Waals surface area contributed by atoms with Gasteiger partial charge >= 0.3 is 0 Å². The minimum Gasteiger partial charge on any atom is -0.312 e. The summed E-state index contributed by atoms with van der Waals surface area (Å²) >= 11 is 0. The largest absolute Gasteiger partial charge is 0.312 e. The van der Waals surface area contributed by atoms with Crippen molar-refractivity contribution in [1.29, 1.82) is 0 Å². The zero-order chi connectivity index (χ0) is 12.4. The zero-order valence-electron chi connectivity index (χ0n) is 11.3. The van der Waals surface area contributed by atoms with Gasteiger partial charge in [0.1, 0.15) is 0 Å². The van der Waals surface area contributed by atoms with Crippen LogP contribution in [0.2, 0.25) is 0 Å². The van der Waals surface area contributed by atoms with Crippen molar-refractivity contribution in [1.82, 2.24) is 20.8 Å². The molecule has 3 N–H and O–H groups in total. The normalized spacial score (nSPS) is 20.7. The summed E-state index contributed by atoms with van der Waals surface area (Å²) in [4.78, 5) is 0. The summed E-state index contributed by atoms with van der Waals surface area (Å²) in [5.41, 5.74) is 4.10. The second-order valence-electron chi connectivity index (χ2n) is 5.80. The fourth-order valence-electron chi connectivity index (χ4n) is 2.67. The summed E-state index contributed by atoms with van der Waals surface area (Å²) in [5.74, 6) is 0. The van der Waals surface area contributed by atoms with Crippen LogP contribution in [0.3, 0.4) is 0 Å². The van der Waals surface area contributed by atoms with E-state index in [1.807, 2.05) is 0 Å². The van der Waals surface area contributed by atoms with Crippen LogP contribution in [0.15, 0.2) is 0 Å². The number of hydrogen-bond acceptors (Lipinski definition) is 3. The Morgan fingerprint density at radius 3 is 3.00 bits per heavy atom. The molecule has 1 atom stereocenters. The lowest BCUT2D eigenvalue weighted by atomic mass is 9.96. The number of aryl methyl sites for hydroxylation is 1. The fourth-order valence-corrected chi connectivity index (χ4v) is 2.67. The Bertz CT molecular complexity index is 394. The molecule has 1 unspecified atom stereocenters. The number of aromatic nitrogens is 2. The lowest BCUT2D eigenvalue weighted by Crippen LogP contribution is -2.37. The van der Waals surface area contributed by atoms with Crippen LogP contribution in [0.1, 0.15) is 49.6 Å². The van der Waals surface area contributed by atoms with Crippen molar-refractivity contribution in [2.45, 2.75) is 64.1 Å². The van der Waals surface area contributed by atoms with Gasteiger partial charge in [0, 0.05) is 30.9 Å². The van der Waals surface area contributed by atoms with E-state index in [1.165, 1.54) is 55.5 Å². The standard InChI is InChI=1S/C14H24N4/c1-10(8-16-11-6-7-11)15-9-14-12-4-2-3-5-13(12)17-18-14/h10-11,15-16H,2-9H2,1H3,(H,17,18). The second-order valence-corrected chi connectivity index (χ2v) is 5.80. The number of rotatable bonds is 6. The predicted molar refractivity (Wildman–Crippen MR) is 72.6 cm³/mol. The molecule has 1 fully saturated rings. The van der Waals surface area contributed by atoms with Crippen molar-refractivity contribution in [2.24, 2.45) is 0 Å². The predicted octanol–water partition coefficient (Wildman–Crippen LogP) is 1.52. The molecule has 0 aliphatic heterocycles. The van der Waals surface area contributed by atoms with Gasteiger partial charge in [0.25, 0.3) is 0 Å². The smallest absolute Gasteiger partial charge is 0.0794 e. The van der Waals surface area contributed by atoms with Crippen LogP contribution < -0.4 is 10.6 Å². The molecule has 18 heavy (non-hydrogen) atoms. The van der Waals surface area contributed by atoms with Gasteiger partial charge in [-0.2, -0.15) is 5.10 Å². The van der Waals surface area contributed by atoms with Crippen molar-refractivity contribution in [3.63, 3.8) is 0 Å². The van der Waals surface area contributed by atoms with E-state index in [2.05, 4.69) is 27.8 Å². The third-order valence-corrected chi connectivity index (χ3v) is 4.05. The SMILES string of the molecule is CC(CNC1CC1)NCc1n[nH]c2c1CCCC2. The fraction of sp³-hybridized carbons (Fsp3) is 0.786. The maximum Gasteiger partial charge on any atom is 0.0794 e. The first-order chi connectivity index (χ1) is 8.83. The lowest BCUT2D eigenvalue weighted by Gasteiger charge is -2.15. The highest BCUT2D eigenvalue weighted by Gasteiger charge is 2.21. The van der Waals surface area contributed by atoms with Crippen LogP contribution in [-0.4, -0.2) is 28.8 Å². The number of aromatic amines is 1. The van der Waals surface area contributed by atoms with E-state index in [-0.39, 0.29) is 0 Å². The van der Waals surface area contributed by atoms with Gasteiger partial charge in [-0.15, -0.1) is 0 Å². The number of fused-ring (bicyclic) bond motifs is 1. The van der Waals surface area contributed by atoms with Crippen LogP contribution >= 0.6 is 0 Å². The lowest BCUT2D eigenvalue weighted by molar-refractivity contribution is 0.495. The van der Waals surface area contributed by atoms with E-state index in [0.29, 0.717) is 6.04 Å². The first kappa shape index (κ1) is 12.2. The number of nitrogens with zero attached hydrogens (tertiary/aromatic N) is 1. The minimum absolute atomic E-state index is 0.515. The molecule has 1 aromatic rings. The van der Waals surface area contributed by atoms with Crippen molar-refractivity contribution < 1.29 is 0 Å². The Balaban J connectivity index is 1.48. The molecule has 1 saturated carbocycles. The van der Waals surface area contributed by atoms with Gasteiger partial charge in [-0.1, -0.05) is 0 Å². The van der Waals surface area contributed by atoms with Crippen molar-refractivity contribution in [3.05, 3.63) is 17.0 Å². The molecular formula is C14H24N4. The van der Waals surface area contributed by atoms with Crippen LogP contribution in [0.5, 0.6) is 0 Å². The highest BCUT2D eigenvalue weighted by Crippen LogP contribution is 2.22. The van der Waals surface area contributed by atoms with Crippen LogP contribution in [0.4, 0.5) is 0 Å². The molecule has 3 rings (SSSR count). The molecule has 100 valence electrons. The van der Waals surface area contributed by atoms with E-state index in [4.69, 9.17) is 0 Å². The molecular weight excluding hydrogens is 224 g/mol. The third-order valence-electron chi connectivity index (χ3n) is 4.05. The molecule has 0 amide bonds. The van der Waals surface area contributed by atoms with E-state index in [9.17, 15) is 0 Å². The van der Waals surface area contributed by atoms with Gasteiger partial charge < -0.3 is 10.6 Å². The molecule has 0 spiro atoms. The summed E-state index contributed by atoms with van der Waals surface area (Å²) in [6.45, 7) is 4.21. The minimum atomic E-state index is 0.515. The maximum atomic E-state index is 4.47. The van der Waals surface area contributed by atoms with Gasteiger partial charge in [0.05, 0.1) is 5.69 Å². The van der Waals surface area contributed by atoms with E-state index < -0.39 is 0 Å². The van der Waals surface area contributed by atoms with Crippen LogP contribution in [0, 0.1) is 0 Å². The van der Waals surface area contributed by atoms with E-state index >= 15 is 0 Å². The quantitative estimate of drug-likeness (QED) is 0.715. The monoisotopic (exact) mass is 248 g/mol. The van der Waals surface area contributed by atoms with Crippen LogP contribution in [-0.2, 0) is 19.4 Å². The second kappa shape index (κ2) is 5.41. The van der Waals surface area contributed by atoms with Crippen molar-refractivity contribution >= 4 is 0 Å². The summed E-state index contributed by atoms with van der Waals surface area (Å²) < 4.78 is 0. The number of H-pyrrole nitrogens is 1. The first-order valence-electron chi connectivity index (χ1n) is 7.34. The molecule has 4 nitrogen and oxygen atoms in total. The number of nitrogens with one attached hydrogen (secondary N) is 3. The molecule has 0 radical (unpaired) electrons. The summed E-state index contributed by atoms with van der Waals surface area (Å²) in [6, 6.07) is 1.31. The van der Waals surface area contributed by atoms with Crippen molar-refractivity contribution in [3.8, 4) is 0 Å². The average molecular weight is 248 g/mol. The Morgan fingerprint density at radius 1 is 1.33 bits per heavy atom.